The Morgan fingerprint density at radius 3 is 2.68 bits per heavy atom. The number of ketones is 1. The number of fused-ring (bicyclic) bond motifs is 1. The first-order valence-corrected chi connectivity index (χ1v) is 8.15. The van der Waals surface area contributed by atoms with Crippen molar-refractivity contribution in [2.24, 2.45) is 0 Å². The lowest BCUT2D eigenvalue weighted by Gasteiger charge is -2.19. The summed E-state index contributed by atoms with van der Waals surface area (Å²) in [7, 11) is 0. The molecule has 0 bridgehead atoms. The van der Waals surface area contributed by atoms with E-state index in [0.29, 0.717) is 27.0 Å². The smallest absolute Gasteiger partial charge is 0.319 e. The summed E-state index contributed by atoms with van der Waals surface area (Å²) in [5.74, 6) is -1.31. The number of carbonyl (C=O) groups is 3. The number of rotatable bonds is 2. The topological polar surface area (TPSA) is 87.3 Å². The molecule has 2 aromatic rings. The Balaban J connectivity index is 1.81. The number of hydrogen-bond donors (Lipinski definition) is 3. The van der Waals surface area contributed by atoms with Gasteiger partial charge in [0.25, 0.3) is 5.91 Å². The van der Waals surface area contributed by atoms with Crippen molar-refractivity contribution in [1.29, 1.82) is 0 Å². The van der Waals surface area contributed by atoms with E-state index in [0.717, 1.165) is 0 Å². The van der Waals surface area contributed by atoms with Gasteiger partial charge >= 0.3 is 6.03 Å². The molecule has 3 rings (SSSR count). The summed E-state index contributed by atoms with van der Waals surface area (Å²) < 4.78 is 0. The molecule has 0 aromatic heterocycles. The van der Waals surface area contributed by atoms with E-state index in [4.69, 9.17) is 23.2 Å². The first-order valence-electron chi connectivity index (χ1n) is 7.39. The normalized spacial score (nSPS) is 16.5. The fraction of sp³-hybridized carbons (Fsp3) is 0.118. The van der Waals surface area contributed by atoms with Crippen molar-refractivity contribution in [3.05, 3.63) is 58.1 Å². The minimum absolute atomic E-state index is 0.139. The summed E-state index contributed by atoms with van der Waals surface area (Å²) in [6, 6.07) is 10.4. The predicted octanol–water partition coefficient (Wildman–Crippen LogP) is 3.77. The van der Waals surface area contributed by atoms with Crippen LogP contribution in [0.25, 0.3) is 0 Å². The molecule has 1 unspecified atom stereocenters. The molecule has 25 heavy (non-hydrogen) atoms. The zero-order chi connectivity index (χ0) is 18.0. The molecule has 2 aromatic carbocycles. The number of urea groups is 1. The van der Waals surface area contributed by atoms with Crippen molar-refractivity contribution >= 4 is 52.3 Å². The van der Waals surface area contributed by atoms with Crippen molar-refractivity contribution in [3.63, 3.8) is 0 Å². The molecule has 1 aliphatic heterocycles. The molecule has 0 spiro atoms. The van der Waals surface area contributed by atoms with Crippen molar-refractivity contribution in [2.45, 2.75) is 12.5 Å². The van der Waals surface area contributed by atoms with Crippen molar-refractivity contribution in [1.82, 2.24) is 5.32 Å². The zero-order valence-corrected chi connectivity index (χ0v) is 14.3. The first kappa shape index (κ1) is 17.3. The first-order chi connectivity index (χ1) is 11.9. The van der Waals surface area contributed by atoms with E-state index in [1.54, 1.807) is 36.4 Å². The number of benzene rings is 2. The molecular formula is C17H13Cl2N3O3. The van der Waals surface area contributed by atoms with E-state index in [9.17, 15) is 14.4 Å². The third-order valence-corrected chi connectivity index (χ3v) is 4.27. The van der Waals surface area contributed by atoms with E-state index < -0.39 is 23.8 Å². The summed E-state index contributed by atoms with van der Waals surface area (Å²) in [5.41, 5.74) is 1.48. The summed E-state index contributed by atoms with van der Waals surface area (Å²) in [5, 5.41) is 8.58. The number of anilines is 2. The molecule has 0 saturated heterocycles. The van der Waals surface area contributed by atoms with Crippen LogP contribution in [0.15, 0.2) is 42.5 Å². The average molecular weight is 378 g/mol. The summed E-state index contributed by atoms with van der Waals surface area (Å²) in [6.07, 6.45) is -0.139. The number of amides is 3. The van der Waals surface area contributed by atoms with Gasteiger partial charge in [-0.25, -0.2) is 4.79 Å². The monoisotopic (exact) mass is 377 g/mol. The fourth-order valence-corrected chi connectivity index (χ4v) is 2.87. The van der Waals surface area contributed by atoms with Crippen LogP contribution in [0.3, 0.4) is 0 Å². The lowest BCUT2D eigenvalue weighted by atomic mass is 10.0. The molecule has 0 fully saturated rings. The predicted molar refractivity (Wildman–Crippen MR) is 96.1 cm³/mol. The summed E-state index contributed by atoms with van der Waals surface area (Å²) in [6.45, 7) is 0. The SMILES string of the molecule is O=C(Nc1cc(Cl)ccc1Cl)NC1CC(=O)C(=O)Nc2ccccc21. The Labute approximate surface area is 153 Å². The average Bonchev–Trinajstić information content (AvgIpc) is 2.68. The molecule has 1 heterocycles. The summed E-state index contributed by atoms with van der Waals surface area (Å²) >= 11 is 11.9. The fourth-order valence-electron chi connectivity index (χ4n) is 2.53. The highest BCUT2D eigenvalue weighted by molar-refractivity contribution is 6.41. The Morgan fingerprint density at radius 2 is 1.88 bits per heavy atom. The number of nitrogens with one attached hydrogen (secondary N) is 3. The molecule has 0 aliphatic carbocycles. The molecule has 8 heteroatoms. The van der Waals surface area contributed by atoms with Crippen LogP contribution in [0, 0.1) is 0 Å². The minimum Gasteiger partial charge on any atom is -0.331 e. The molecular weight excluding hydrogens is 365 g/mol. The molecule has 128 valence electrons. The van der Waals surface area contributed by atoms with Crippen LogP contribution in [-0.4, -0.2) is 17.7 Å². The number of carbonyl (C=O) groups excluding carboxylic acids is 3. The van der Waals surface area contributed by atoms with Gasteiger partial charge in [0.1, 0.15) is 0 Å². The molecule has 0 radical (unpaired) electrons. The molecule has 1 aliphatic rings. The Kier molecular flexibility index (Phi) is 4.92. The lowest BCUT2D eigenvalue weighted by molar-refractivity contribution is -0.134. The van der Waals surface area contributed by atoms with Gasteiger partial charge in [-0.1, -0.05) is 41.4 Å². The number of para-hydroxylation sites is 1. The zero-order valence-electron chi connectivity index (χ0n) is 12.8. The molecule has 3 amide bonds. The Bertz CT molecular complexity index is 870. The number of hydrogen-bond acceptors (Lipinski definition) is 3. The maximum atomic E-state index is 12.3. The maximum Gasteiger partial charge on any atom is 0.319 e. The van der Waals surface area contributed by atoms with E-state index in [-0.39, 0.29) is 6.42 Å². The van der Waals surface area contributed by atoms with Gasteiger partial charge in [0.15, 0.2) is 0 Å². The van der Waals surface area contributed by atoms with Crippen LogP contribution in [0.1, 0.15) is 18.0 Å². The van der Waals surface area contributed by atoms with Gasteiger partial charge in [-0.05, 0) is 29.8 Å². The highest BCUT2D eigenvalue weighted by Gasteiger charge is 2.29. The van der Waals surface area contributed by atoms with Crippen LogP contribution in [0.2, 0.25) is 10.0 Å². The van der Waals surface area contributed by atoms with E-state index in [1.165, 1.54) is 6.07 Å². The second kappa shape index (κ2) is 7.13. The summed E-state index contributed by atoms with van der Waals surface area (Å²) in [4.78, 5) is 36.0. The maximum absolute atomic E-state index is 12.3. The van der Waals surface area contributed by atoms with Crippen LogP contribution in [0.4, 0.5) is 16.2 Å². The van der Waals surface area contributed by atoms with Gasteiger partial charge < -0.3 is 16.0 Å². The quantitative estimate of drug-likeness (QED) is 0.696. The third-order valence-electron chi connectivity index (χ3n) is 3.71. The highest BCUT2D eigenvalue weighted by Crippen LogP contribution is 2.29. The third kappa shape index (κ3) is 3.92. The number of Topliss-reactive ketones (excluding diaryl/α,β-unsaturated/α-hetero) is 1. The van der Waals surface area contributed by atoms with Crippen molar-refractivity contribution in [3.8, 4) is 0 Å². The molecule has 0 saturated carbocycles. The minimum atomic E-state index is -0.699. The lowest BCUT2D eigenvalue weighted by Crippen LogP contribution is -2.34. The van der Waals surface area contributed by atoms with Crippen LogP contribution >= 0.6 is 23.2 Å². The van der Waals surface area contributed by atoms with Gasteiger partial charge in [0.2, 0.25) is 5.78 Å². The second-order valence-electron chi connectivity index (χ2n) is 5.44. The van der Waals surface area contributed by atoms with Gasteiger partial charge in [-0.15, -0.1) is 0 Å². The standard InChI is InChI=1S/C17H13Cl2N3O3/c18-9-5-6-11(19)14(7-9)22-17(25)21-13-8-15(23)16(24)20-12-4-2-1-3-10(12)13/h1-7,13H,8H2,(H,20,24)(H2,21,22,25). The Morgan fingerprint density at radius 1 is 1.12 bits per heavy atom. The van der Waals surface area contributed by atoms with Crippen LogP contribution in [0.5, 0.6) is 0 Å². The van der Waals surface area contributed by atoms with Crippen LogP contribution < -0.4 is 16.0 Å². The highest BCUT2D eigenvalue weighted by atomic mass is 35.5. The molecule has 3 N–H and O–H groups in total. The van der Waals surface area contributed by atoms with Crippen molar-refractivity contribution in [2.75, 3.05) is 10.6 Å². The van der Waals surface area contributed by atoms with E-state index in [1.807, 2.05) is 0 Å². The van der Waals surface area contributed by atoms with Gasteiger partial charge in [-0.3, -0.25) is 9.59 Å². The Hall–Kier alpha value is -2.57. The number of halogens is 2. The molecule has 6 nitrogen and oxygen atoms in total. The largest absolute Gasteiger partial charge is 0.331 e. The van der Waals surface area contributed by atoms with Gasteiger partial charge in [0, 0.05) is 17.1 Å². The second-order valence-corrected chi connectivity index (χ2v) is 6.29. The van der Waals surface area contributed by atoms with E-state index in [2.05, 4.69) is 16.0 Å². The molecule has 1 atom stereocenters. The van der Waals surface area contributed by atoms with E-state index >= 15 is 0 Å². The van der Waals surface area contributed by atoms with Gasteiger partial charge in [-0.2, -0.15) is 0 Å². The van der Waals surface area contributed by atoms with Crippen LogP contribution in [-0.2, 0) is 9.59 Å². The van der Waals surface area contributed by atoms with Gasteiger partial charge in [0.05, 0.1) is 16.8 Å². The van der Waals surface area contributed by atoms with Crippen molar-refractivity contribution < 1.29 is 14.4 Å².